The summed E-state index contributed by atoms with van der Waals surface area (Å²) in [5.41, 5.74) is 6.48. The van der Waals surface area contributed by atoms with Crippen molar-refractivity contribution in [1.82, 2.24) is 10.1 Å². The summed E-state index contributed by atoms with van der Waals surface area (Å²) >= 11 is 1.47. The van der Waals surface area contributed by atoms with Crippen molar-refractivity contribution in [3.63, 3.8) is 0 Å². The zero-order chi connectivity index (χ0) is 21.3. The molecule has 2 aromatic heterocycles. The van der Waals surface area contributed by atoms with E-state index in [1.807, 2.05) is 6.92 Å². The molecule has 0 bridgehead atoms. The van der Waals surface area contributed by atoms with Crippen LogP contribution in [0.15, 0.2) is 53.1 Å². The van der Waals surface area contributed by atoms with Crippen molar-refractivity contribution in [3.8, 4) is 21.7 Å². The lowest BCUT2D eigenvalue weighted by molar-refractivity contribution is 0.102. The first-order valence-electron chi connectivity index (χ1n) is 9.87. The van der Waals surface area contributed by atoms with Gasteiger partial charge in [0.05, 0.1) is 16.3 Å². The Balaban J connectivity index is 1.75. The maximum absolute atomic E-state index is 12.9. The predicted octanol–water partition coefficient (Wildman–Crippen LogP) is 6.21. The van der Waals surface area contributed by atoms with Crippen LogP contribution in [0.5, 0.6) is 0 Å². The summed E-state index contributed by atoms with van der Waals surface area (Å²) in [6, 6.07) is 16.6. The van der Waals surface area contributed by atoms with Gasteiger partial charge in [-0.25, -0.2) is 4.98 Å². The second-order valence-corrected chi connectivity index (χ2v) is 8.30. The average Bonchev–Trinajstić information content (AvgIpc) is 3.32. The summed E-state index contributed by atoms with van der Waals surface area (Å²) in [6.07, 6.45) is 0.626. The maximum Gasteiger partial charge on any atom is 0.262 e. The van der Waals surface area contributed by atoms with Crippen molar-refractivity contribution in [3.05, 3.63) is 76.7 Å². The average molecular weight is 418 g/mol. The highest BCUT2D eigenvalue weighted by Crippen LogP contribution is 2.39. The van der Waals surface area contributed by atoms with Gasteiger partial charge in [0.25, 0.3) is 5.91 Å². The van der Waals surface area contributed by atoms with Gasteiger partial charge in [-0.05, 0) is 32.8 Å². The number of nitrogens with zero attached hydrogens (tertiary/aromatic N) is 2. The monoisotopic (exact) mass is 417 g/mol. The molecule has 0 aliphatic rings. The minimum absolute atomic E-state index is 0.245. The van der Waals surface area contributed by atoms with Gasteiger partial charge in [0.1, 0.15) is 11.3 Å². The molecule has 4 aromatic rings. The fourth-order valence-electron chi connectivity index (χ4n) is 3.29. The third-order valence-electron chi connectivity index (χ3n) is 4.98. The first-order valence-corrected chi connectivity index (χ1v) is 10.7. The number of aryl methyl sites for hydroxylation is 4. The molecule has 5 nitrogen and oxygen atoms in total. The van der Waals surface area contributed by atoms with Crippen LogP contribution in [0.3, 0.4) is 0 Å². The molecule has 0 atom stereocenters. The van der Waals surface area contributed by atoms with Crippen molar-refractivity contribution in [2.75, 3.05) is 5.32 Å². The Morgan fingerprint density at radius 3 is 2.17 bits per heavy atom. The van der Waals surface area contributed by atoms with E-state index in [2.05, 4.69) is 72.9 Å². The lowest BCUT2D eigenvalue weighted by Crippen LogP contribution is -2.14. The predicted molar refractivity (Wildman–Crippen MR) is 121 cm³/mol. The van der Waals surface area contributed by atoms with Gasteiger partial charge in [-0.3, -0.25) is 10.1 Å². The van der Waals surface area contributed by atoms with Gasteiger partial charge < -0.3 is 4.52 Å². The van der Waals surface area contributed by atoms with E-state index in [1.165, 1.54) is 22.5 Å². The van der Waals surface area contributed by atoms with Crippen LogP contribution < -0.4 is 5.32 Å². The van der Waals surface area contributed by atoms with Crippen LogP contribution in [-0.4, -0.2) is 16.0 Å². The minimum atomic E-state index is -0.245. The smallest absolute Gasteiger partial charge is 0.262 e. The number of thiazole rings is 1. The summed E-state index contributed by atoms with van der Waals surface area (Å²) in [7, 11) is 0. The molecule has 2 aromatic carbocycles. The van der Waals surface area contributed by atoms with Crippen molar-refractivity contribution in [2.45, 2.75) is 34.1 Å². The third kappa shape index (κ3) is 3.91. The highest BCUT2D eigenvalue weighted by atomic mass is 32.1. The summed E-state index contributed by atoms with van der Waals surface area (Å²) in [5, 5.41) is 7.48. The summed E-state index contributed by atoms with van der Waals surface area (Å²) in [6.45, 7) is 7.82. The second-order valence-electron chi connectivity index (χ2n) is 7.30. The number of amides is 1. The Morgan fingerprint density at radius 1 is 0.967 bits per heavy atom. The lowest BCUT2D eigenvalue weighted by Gasteiger charge is -2.04. The standard InChI is InChI=1S/C24H23N3O2S/c1-5-19-20(16(4)29-27-19)23(28)26-24-25-21(17-10-6-14(2)7-11-17)22(30-24)18-12-8-15(3)9-13-18/h6-13H,5H2,1-4H3,(H,25,26,28). The fourth-order valence-corrected chi connectivity index (χ4v) is 4.28. The normalized spacial score (nSPS) is 10.9. The minimum Gasteiger partial charge on any atom is -0.361 e. The van der Waals surface area contributed by atoms with E-state index in [0.717, 1.165) is 21.7 Å². The Morgan fingerprint density at radius 2 is 1.57 bits per heavy atom. The van der Waals surface area contributed by atoms with Gasteiger partial charge in [-0.2, -0.15) is 0 Å². The number of nitrogens with one attached hydrogen (secondary N) is 1. The molecule has 2 heterocycles. The third-order valence-corrected chi connectivity index (χ3v) is 6.00. The number of aromatic nitrogens is 2. The van der Waals surface area contributed by atoms with Crippen molar-refractivity contribution >= 4 is 22.4 Å². The molecule has 1 amide bonds. The molecule has 1 N–H and O–H groups in total. The number of carbonyl (C=O) groups is 1. The number of rotatable bonds is 5. The first kappa shape index (κ1) is 20.0. The van der Waals surface area contributed by atoms with Crippen LogP contribution in [0.4, 0.5) is 5.13 Å². The van der Waals surface area contributed by atoms with E-state index in [4.69, 9.17) is 9.51 Å². The molecule has 4 rings (SSSR count). The Labute approximate surface area is 179 Å². The SMILES string of the molecule is CCc1noc(C)c1C(=O)Nc1nc(-c2ccc(C)cc2)c(-c2ccc(C)cc2)s1. The molecule has 0 spiro atoms. The molecule has 0 radical (unpaired) electrons. The Kier molecular flexibility index (Phi) is 5.50. The van der Waals surface area contributed by atoms with Crippen LogP contribution in [0.25, 0.3) is 21.7 Å². The number of carbonyl (C=O) groups excluding carboxylic acids is 1. The molecule has 152 valence electrons. The van der Waals surface area contributed by atoms with Crippen LogP contribution in [0.2, 0.25) is 0 Å². The highest BCUT2D eigenvalue weighted by Gasteiger charge is 2.22. The quantitative estimate of drug-likeness (QED) is 0.419. The molecule has 0 aliphatic heterocycles. The van der Waals surface area contributed by atoms with E-state index < -0.39 is 0 Å². The number of hydrogen-bond acceptors (Lipinski definition) is 5. The highest BCUT2D eigenvalue weighted by molar-refractivity contribution is 7.19. The van der Waals surface area contributed by atoms with Crippen LogP contribution in [0.1, 0.15) is 39.9 Å². The first-order chi connectivity index (χ1) is 14.5. The van der Waals surface area contributed by atoms with Gasteiger partial charge in [-0.1, -0.05) is 83.1 Å². The number of anilines is 1. The molecular weight excluding hydrogens is 394 g/mol. The second kappa shape index (κ2) is 8.24. The summed E-state index contributed by atoms with van der Waals surface area (Å²) < 4.78 is 5.21. The van der Waals surface area contributed by atoms with E-state index in [0.29, 0.717) is 28.6 Å². The maximum atomic E-state index is 12.9. The Bertz CT molecular complexity index is 1130. The van der Waals surface area contributed by atoms with Crippen molar-refractivity contribution in [1.29, 1.82) is 0 Å². The van der Waals surface area contributed by atoms with E-state index >= 15 is 0 Å². The van der Waals surface area contributed by atoms with Crippen molar-refractivity contribution in [2.24, 2.45) is 0 Å². The molecule has 0 saturated heterocycles. The molecule has 0 fully saturated rings. The van der Waals surface area contributed by atoms with Crippen LogP contribution in [0, 0.1) is 20.8 Å². The van der Waals surface area contributed by atoms with Gasteiger partial charge in [0, 0.05) is 5.56 Å². The molecule has 0 saturated carbocycles. The molecule has 6 heteroatoms. The largest absolute Gasteiger partial charge is 0.361 e. The zero-order valence-electron chi connectivity index (χ0n) is 17.4. The summed E-state index contributed by atoms with van der Waals surface area (Å²) in [5.74, 6) is 0.267. The van der Waals surface area contributed by atoms with Crippen molar-refractivity contribution < 1.29 is 9.32 Å². The van der Waals surface area contributed by atoms with Gasteiger partial charge in [-0.15, -0.1) is 0 Å². The number of benzene rings is 2. The van der Waals surface area contributed by atoms with Gasteiger partial charge >= 0.3 is 0 Å². The van der Waals surface area contributed by atoms with Crippen LogP contribution >= 0.6 is 11.3 Å². The lowest BCUT2D eigenvalue weighted by atomic mass is 10.0. The molecule has 30 heavy (non-hydrogen) atoms. The molecule has 0 aliphatic carbocycles. The zero-order valence-corrected chi connectivity index (χ0v) is 18.3. The van der Waals surface area contributed by atoms with E-state index in [9.17, 15) is 4.79 Å². The molecule has 0 unspecified atom stereocenters. The fraction of sp³-hybridized carbons (Fsp3) is 0.208. The van der Waals surface area contributed by atoms with Gasteiger partial charge in [0.2, 0.25) is 0 Å². The summed E-state index contributed by atoms with van der Waals surface area (Å²) in [4.78, 5) is 18.7. The van der Waals surface area contributed by atoms with Gasteiger partial charge in [0.15, 0.2) is 5.13 Å². The van der Waals surface area contributed by atoms with E-state index in [-0.39, 0.29) is 5.91 Å². The Hall–Kier alpha value is -3.25. The topological polar surface area (TPSA) is 68.0 Å². The van der Waals surface area contributed by atoms with Crippen LogP contribution in [-0.2, 0) is 6.42 Å². The number of hydrogen-bond donors (Lipinski definition) is 1. The van der Waals surface area contributed by atoms with E-state index in [1.54, 1.807) is 6.92 Å². The molecular formula is C24H23N3O2S.